The molecule has 0 aliphatic rings. The van der Waals surface area contributed by atoms with Crippen LogP contribution in [0.4, 0.5) is 29.2 Å². The molecule has 3 aromatic rings. The minimum atomic E-state index is -0.157. The van der Waals surface area contributed by atoms with Crippen LogP contribution in [0.2, 0.25) is 0 Å². The Labute approximate surface area is 147 Å². The van der Waals surface area contributed by atoms with E-state index in [4.69, 9.17) is 0 Å². The molecule has 0 saturated carbocycles. The fourth-order valence-electron chi connectivity index (χ4n) is 2.18. The van der Waals surface area contributed by atoms with E-state index in [1.165, 1.54) is 0 Å². The Bertz CT molecular complexity index is 753. The van der Waals surface area contributed by atoms with Gasteiger partial charge >= 0.3 is 0 Å². The molecule has 0 atom stereocenters. The number of para-hydroxylation sites is 2. The second kappa shape index (κ2) is 7.17. The first kappa shape index (κ1) is 16.7. The van der Waals surface area contributed by atoms with Gasteiger partial charge in [-0.25, -0.2) is 0 Å². The van der Waals surface area contributed by atoms with Crippen LogP contribution in [0.1, 0.15) is 20.8 Å². The summed E-state index contributed by atoms with van der Waals surface area (Å²) in [5, 5.41) is 9.72. The van der Waals surface area contributed by atoms with Gasteiger partial charge in [-0.2, -0.15) is 15.0 Å². The Morgan fingerprint density at radius 2 is 1.00 bits per heavy atom. The maximum absolute atomic E-state index is 4.47. The van der Waals surface area contributed by atoms with Crippen LogP contribution in [0, 0.1) is 0 Å². The Balaban J connectivity index is 1.90. The van der Waals surface area contributed by atoms with E-state index in [1.807, 2.05) is 60.7 Å². The van der Waals surface area contributed by atoms with E-state index >= 15 is 0 Å². The molecule has 0 unspecified atom stereocenters. The van der Waals surface area contributed by atoms with Crippen molar-refractivity contribution >= 4 is 29.2 Å². The van der Waals surface area contributed by atoms with Gasteiger partial charge in [0.15, 0.2) is 0 Å². The highest BCUT2D eigenvalue weighted by atomic mass is 15.3. The summed E-state index contributed by atoms with van der Waals surface area (Å²) in [6, 6.07) is 19.6. The summed E-state index contributed by atoms with van der Waals surface area (Å²) in [4.78, 5) is 13.4. The number of nitrogens with one attached hydrogen (secondary N) is 3. The van der Waals surface area contributed by atoms with Gasteiger partial charge < -0.3 is 16.0 Å². The summed E-state index contributed by atoms with van der Waals surface area (Å²) in [5.74, 6) is 1.47. The first-order valence-corrected chi connectivity index (χ1v) is 8.16. The lowest BCUT2D eigenvalue weighted by atomic mass is 10.1. The first-order valence-electron chi connectivity index (χ1n) is 8.16. The van der Waals surface area contributed by atoms with Gasteiger partial charge in [-0.3, -0.25) is 0 Å². The van der Waals surface area contributed by atoms with Crippen LogP contribution >= 0.6 is 0 Å². The smallest absolute Gasteiger partial charge is 0.233 e. The van der Waals surface area contributed by atoms with Crippen molar-refractivity contribution in [1.29, 1.82) is 0 Å². The molecule has 1 aromatic heterocycles. The van der Waals surface area contributed by atoms with Crippen molar-refractivity contribution < 1.29 is 0 Å². The molecule has 0 aliphatic heterocycles. The summed E-state index contributed by atoms with van der Waals surface area (Å²) in [7, 11) is 0. The van der Waals surface area contributed by atoms with Crippen molar-refractivity contribution in [2.45, 2.75) is 26.3 Å². The number of aromatic nitrogens is 3. The predicted octanol–water partition coefficient (Wildman–Crippen LogP) is 4.57. The van der Waals surface area contributed by atoms with Gasteiger partial charge in [-0.1, -0.05) is 36.4 Å². The second-order valence-electron chi connectivity index (χ2n) is 6.66. The highest BCUT2D eigenvalue weighted by Gasteiger charge is 2.14. The standard InChI is InChI=1S/C19H22N6/c1-19(2,3)25-18-23-16(20-14-10-6-4-7-11-14)22-17(24-18)21-15-12-8-5-9-13-15/h4-13H,1-3H3,(H3,20,21,22,23,24,25). The molecule has 0 saturated heterocycles. The Morgan fingerprint density at radius 1 is 0.600 bits per heavy atom. The molecule has 25 heavy (non-hydrogen) atoms. The third-order valence-electron chi connectivity index (χ3n) is 3.18. The van der Waals surface area contributed by atoms with E-state index in [2.05, 4.69) is 51.7 Å². The summed E-state index contributed by atoms with van der Waals surface area (Å²) >= 11 is 0. The van der Waals surface area contributed by atoms with Gasteiger partial charge in [0.2, 0.25) is 17.8 Å². The molecule has 1 heterocycles. The number of hydrogen-bond donors (Lipinski definition) is 3. The quantitative estimate of drug-likeness (QED) is 0.635. The van der Waals surface area contributed by atoms with E-state index in [1.54, 1.807) is 0 Å². The molecule has 6 nitrogen and oxygen atoms in total. The molecule has 2 aromatic carbocycles. The second-order valence-corrected chi connectivity index (χ2v) is 6.66. The number of hydrogen-bond acceptors (Lipinski definition) is 6. The van der Waals surface area contributed by atoms with Crippen LogP contribution < -0.4 is 16.0 Å². The monoisotopic (exact) mass is 334 g/mol. The van der Waals surface area contributed by atoms with Crippen LogP contribution in [-0.4, -0.2) is 20.5 Å². The molecule has 0 aliphatic carbocycles. The zero-order valence-electron chi connectivity index (χ0n) is 14.6. The summed E-state index contributed by atoms with van der Waals surface area (Å²) in [5.41, 5.74) is 1.68. The summed E-state index contributed by atoms with van der Waals surface area (Å²) < 4.78 is 0. The van der Waals surface area contributed by atoms with Crippen LogP contribution in [-0.2, 0) is 0 Å². The van der Waals surface area contributed by atoms with Gasteiger partial charge in [0.1, 0.15) is 0 Å². The van der Waals surface area contributed by atoms with Gasteiger partial charge in [-0.05, 0) is 45.0 Å². The Hall–Kier alpha value is -3.15. The topological polar surface area (TPSA) is 74.8 Å². The molecule has 6 heteroatoms. The predicted molar refractivity (Wildman–Crippen MR) is 103 cm³/mol. The van der Waals surface area contributed by atoms with Gasteiger partial charge in [-0.15, -0.1) is 0 Å². The Morgan fingerprint density at radius 3 is 1.40 bits per heavy atom. The van der Waals surface area contributed by atoms with Crippen molar-refractivity contribution in [3.8, 4) is 0 Å². The Kier molecular flexibility index (Phi) is 4.79. The highest BCUT2D eigenvalue weighted by Crippen LogP contribution is 2.20. The van der Waals surface area contributed by atoms with Crippen LogP contribution in [0.5, 0.6) is 0 Å². The van der Waals surface area contributed by atoms with E-state index in [9.17, 15) is 0 Å². The zero-order valence-corrected chi connectivity index (χ0v) is 14.6. The highest BCUT2D eigenvalue weighted by molar-refractivity contribution is 5.59. The molecule has 0 bridgehead atoms. The molecule has 0 radical (unpaired) electrons. The van der Waals surface area contributed by atoms with Crippen molar-refractivity contribution in [3.63, 3.8) is 0 Å². The fraction of sp³-hybridized carbons (Fsp3) is 0.211. The molecule has 0 amide bonds. The van der Waals surface area contributed by atoms with Gasteiger partial charge in [0, 0.05) is 16.9 Å². The fourth-order valence-corrected chi connectivity index (χ4v) is 2.18. The average Bonchev–Trinajstić information content (AvgIpc) is 2.55. The number of rotatable bonds is 5. The zero-order chi connectivity index (χ0) is 17.7. The lowest BCUT2D eigenvalue weighted by Gasteiger charge is -2.21. The number of nitrogens with zero attached hydrogens (tertiary/aromatic N) is 3. The minimum Gasteiger partial charge on any atom is -0.349 e. The minimum absolute atomic E-state index is 0.157. The van der Waals surface area contributed by atoms with E-state index in [0.717, 1.165) is 11.4 Å². The molecule has 0 spiro atoms. The van der Waals surface area contributed by atoms with Crippen molar-refractivity contribution in [2.24, 2.45) is 0 Å². The lowest BCUT2D eigenvalue weighted by molar-refractivity contribution is 0.625. The van der Waals surface area contributed by atoms with Crippen molar-refractivity contribution in [2.75, 3.05) is 16.0 Å². The number of benzene rings is 2. The summed E-state index contributed by atoms with van der Waals surface area (Å²) in [6.45, 7) is 6.18. The van der Waals surface area contributed by atoms with Crippen LogP contribution in [0.25, 0.3) is 0 Å². The van der Waals surface area contributed by atoms with Crippen LogP contribution in [0.3, 0.4) is 0 Å². The van der Waals surface area contributed by atoms with Gasteiger partial charge in [0.25, 0.3) is 0 Å². The molecule has 3 rings (SSSR count). The first-order chi connectivity index (χ1) is 12.0. The van der Waals surface area contributed by atoms with E-state index in [-0.39, 0.29) is 5.54 Å². The summed E-state index contributed by atoms with van der Waals surface area (Å²) in [6.07, 6.45) is 0. The van der Waals surface area contributed by atoms with Crippen molar-refractivity contribution in [3.05, 3.63) is 60.7 Å². The molecular weight excluding hydrogens is 312 g/mol. The van der Waals surface area contributed by atoms with Crippen molar-refractivity contribution in [1.82, 2.24) is 15.0 Å². The normalized spacial score (nSPS) is 11.0. The lowest BCUT2D eigenvalue weighted by Crippen LogP contribution is -2.27. The third-order valence-corrected chi connectivity index (χ3v) is 3.18. The molecule has 3 N–H and O–H groups in total. The van der Waals surface area contributed by atoms with Gasteiger partial charge in [0.05, 0.1) is 0 Å². The van der Waals surface area contributed by atoms with Crippen LogP contribution in [0.15, 0.2) is 60.7 Å². The number of anilines is 5. The molecular formula is C19H22N6. The molecule has 0 fully saturated rings. The largest absolute Gasteiger partial charge is 0.349 e. The van der Waals surface area contributed by atoms with E-state index < -0.39 is 0 Å². The average molecular weight is 334 g/mol. The third kappa shape index (κ3) is 5.17. The molecule has 128 valence electrons. The maximum Gasteiger partial charge on any atom is 0.233 e. The maximum atomic E-state index is 4.47. The SMILES string of the molecule is CC(C)(C)Nc1nc(Nc2ccccc2)nc(Nc2ccccc2)n1. The van der Waals surface area contributed by atoms with E-state index in [0.29, 0.717) is 17.8 Å².